The van der Waals surface area contributed by atoms with Crippen LogP contribution in [0.25, 0.3) is 0 Å². The van der Waals surface area contributed by atoms with Crippen molar-refractivity contribution in [2.24, 2.45) is 0 Å². The molecule has 0 spiro atoms. The van der Waals surface area contributed by atoms with Crippen LogP contribution in [0, 0.1) is 0 Å². The summed E-state index contributed by atoms with van der Waals surface area (Å²) in [6.45, 7) is 6.26. The molecular formula is C23H27BrN2O8. The second-order valence-corrected chi connectivity index (χ2v) is 8.52. The normalized spacial score (nSPS) is 15.3. The molecule has 11 heteroatoms. The first-order valence-electron chi connectivity index (χ1n) is 10.5. The number of carboxylic acids is 2. The number of hydrogen-bond donors (Lipinski definition) is 2. The number of carboxylic acid groups (broad SMARTS) is 2. The maximum atomic E-state index is 9.10. The van der Waals surface area contributed by atoms with E-state index >= 15 is 0 Å². The van der Waals surface area contributed by atoms with Gasteiger partial charge in [-0.2, -0.15) is 0 Å². The SMILES string of the molecule is COc1ccc(CN2CCN(Cc3cc(OC)c4c(c3)OCO4)CC2)cc1Br.O=C(O)C(=O)O. The summed E-state index contributed by atoms with van der Waals surface area (Å²) in [6.07, 6.45) is 0. The number of carbonyl (C=O) groups is 2. The topological polar surface area (TPSA) is 118 Å². The predicted molar refractivity (Wildman–Crippen MR) is 126 cm³/mol. The molecule has 1 saturated heterocycles. The van der Waals surface area contributed by atoms with Gasteiger partial charge in [0.2, 0.25) is 12.5 Å². The van der Waals surface area contributed by atoms with Crippen molar-refractivity contribution < 1.29 is 38.7 Å². The fraction of sp³-hybridized carbons (Fsp3) is 0.391. The van der Waals surface area contributed by atoms with Crippen LogP contribution in [-0.4, -0.2) is 79.1 Å². The Labute approximate surface area is 205 Å². The van der Waals surface area contributed by atoms with E-state index < -0.39 is 11.9 Å². The van der Waals surface area contributed by atoms with E-state index in [1.165, 1.54) is 11.1 Å². The predicted octanol–water partition coefficient (Wildman–Crippen LogP) is 2.67. The maximum absolute atomic E-state index is 9.10. The van der Waals surface area contributed by atoms with Crippen LogP contribution < -0.4 is 18.9 Å². The molecule has 2 aliphatic rings. The van der Waals surface area contributed by atoms with Crippen LogP contribution in [0.2, 0.25) is 0 Å². The molecule has 2 aliphatic heterocycles. The Balaban J connectivity index is 0.000000481. The van der Waals surface area contributed by atoms with Crippen molar-refractivity contribution in [1.29, 1.82) is 0 Å². The largest absolute Gasteiger partial charge is 0.496 e. The lowest BCUT2D eigenvalue weighted by Gasteiger charge is -2.34. The molecule has 0 radical (unpaired) electrons. The van der Waals surface area contributed by atoms with Crippen LogP contribution >= 0.6 is 15.9 Å². The standard InChI is InChI=1S/C21H25BrN2O4.C2H2O4/c1-25-18-4-3-15(9-17(18)22)12-23-5-7-24(8-6-23)13-16-10-19(26-2)21-20(11-16)27-14-28-21;3-1(4)2(5)6/h3-4,9-11H,5-8,12-14H2,1-2H3;(H,3,4)(H,5,6). The molecule has 2 aromatic rings. The van der Waals surface area contributed by atoms with Crippen molar-refractivity contribution in [1.82, 2.24) is 9.80 Å². The van der Waals surface area contributed by atoms with Gasteiger partial charge in [0.15, 0.2) is 11.5 Å². The molecule has 0 saturated carbocycles. The summed E-state index contributed by atoms with van der Waals surface area (Å²) in [5.41, 5.74) is 2.48. The highest BCUT2D eigenvalue weighted by atomic mass is 79.9. The van der Waals surface area contributed by atoms with Gasteiger partial charge >= 0.3 is 11.9 Å². The Morgan fingerprint density at radius 3 is 2.00 bits per heavy atom. The minimum atomic E-state index is -1.82. The van der Waals surface area contributed by atoms with Crippen LogP contribution in [0.15, 0.2) is 34.8 Å². The minimum absolute atomic E-state index is 0.259. The number of aliphatic carboxylic acids is 2. The average Bonchev–Trinajstić information content (AvgIpc) is 3.29. The fourth-order valence-electron chi connectivity index (χ4n) is 3.71. The Bertz CT molecular complexity index is 1010. The number of rotatable bonds is 6. The summed E-state index contributed by atoms with van der Waals surface area (Å²) < 4.78 is 22.8. The van der Waals surface area contributed by atoms with E-state index in [1.54, 1.807) is 14.2 Å². The van der Waals surface area contributed by atoms with Gasteiger partial charge in [0.25, 0.3) is 0 Å². The number of fused-ring (bicyclic) bond motifs is 1. The third kappa shape index (κ3) is 6.75. The number of piperazine rings is 1. The number of halogens is 1. The highest BCUT2D eigenvalue weighted by molar-refractivity contribution is 9.10. The van der Waals surface area contributed by atoms with Crippen molar-refractivity contribution in [2.45, 2.75) is 13.1 Å². The Hall–Kier alpha value is -3.02. The first-order chi connectivity index (χ1) is 16.3. The molecule has 0 atom stereocenters. The second-order valence-electron chi connectivity index (χ2n) is 7.66. The molecule has 0 amide bonds. The lowest BCUT2D eigenvalue weighted by atomic mass is 10.1. The maximum Gasteiger partial charge on any atom is 0.414 e. The molecule has 184 valence electrons. The van der Waals surface area contributed by atoms with E-state index in [2.05, 4.69) is 50.0 Å². The van der Waals surface area contributed by atoms with Crippen molar-refractivity contribution in [3.63, 3.8) is 0 Å². The highest BCUT2D eigenvalue weighted by Crippen LogP contribution is 2.42. The highest BCUT2D eigenvalue weighted by Gasteiger charge is 2.22. The molecule has 0 unspecified atom stereocenters. The van der Waals surface area contributed by atoms with Crippen molar-refractivity contribution in [2.75, 3.05) is 47.2 Å². The smallest absolute Gasteiger partial charge is 0.414 e. The molecule has 1 fully saturated rings. The lowest BCUT2D eigenvalue weighted by Crippen LogP contribution is -2.45. The van der Waals surface area contributed by atoms with Gasteiger partial charge in [-0.05, 0) is 51.3 Å². The number of nitrogens with zero attached hydrogens (tertiary/aromatic N) is 2. The molecular weight excluding hydrogens is 512 g/mol. The first kappa shape index (κ1) is 25.6. The molecule has 4 rings (SSSR count). The number of methoxy groups -OCH3 is 2. The Morgan fingerprint density at radius 2 is 1.47 bits per heavy atom. The number of ether oxygens (including phenoxy) is 4. The molecule has 2 aromatic carbocycles. The van der Waals surface area contributed by atoms with Crippen LogP contribution in [0.1, 0.15) is 11.1 Å². The van der Waals surface area contributed by atoms with E-state index in [9.17, 15) is 0 Å². The third-order valence-corrected chi connectivity index (χ3v) is 6.01. The Morgan fingerprint density at radius 1 is 0.882 bits per heavy atom. The number of hydrogen-bond acceptors (Lipinski definition) is 8. The number of benzene rings is 2. The van der Waals surface area contributed by atoms with Crippen LogP contribution in [0.5, 0.6) is 23.0 Å². The first-order valence-corrected chi connectivity index (χ1v) is 11.3. The molecule has 34 heavy (non-hydrogen) atoms. The van der Waals surface area contributed by atoms with E-state index in [4.69, 9.17) is 38.7 Å². The monoisotopic (exact) mass is 538 g/mol. The molecule has 0 aromatic heterocycles. The Kier molecular flexibility index (Phi) is 8.97. The minimum Gasteiger partial charge on any atom is -0.496 e. The zero-order valence-corrected chi connectivity index (χ0v) is 20.5. The molecule has 0 aliphatic carbocycles. The average molecular weight is 539 g/mol. The fourth-order valence-corrected chi connectivity index (χ4v) is 4.29. The third-order valence-electron chi connectivity index (χ3n) is 5.39. The van der Waals surface area contributed by atoms with Crippen molar-refractivity contribution in [3.8, 4) is 23.0 Å². The van der Waals surface area contributed by atoms with Gasteiger partial charge < -0.3 is 29.2 Å². The zero-order valence-electron chi connectivity index (χ0n) is 19.0. The van der Waals surface area contributed by atoms with E-state index in [1.807, 2.05) is 6.07 Å². The summed E-state index contributed by atoms with van der Waals surface area (Å²) >= 11 is 3.57. The van der Waals surface area contributed by atoms with Crippen LogP contribution in [-0.2, 0) is 22.7 Å². The summed E-state index contributed by atoms with van der Waals surface area (Å²) in [7, 11) is 3.35. The van der Waals surface area contributed by atoms with E-state index in [-0.39, 0.29) is 6.79 Å². The van der Waals surface area contributed by atoms with Gasteiger partial charge in [0.05, 0.1) is 18.7 Å². The van der Waals surface area contributed by atoms with Gasteiger partial charge in [-0.3, -0.25) is 9.80 Å². The van der Waals surface area contributed by atoms with Crippen molar-refractivity contribution in [3.05, 3.63) is 45.9 Å². The van der Waals surface area contributed by atoms with E-state index in [0.717, 1.165) is 61.0 Å². The van der Waals surface area contributed by atoms with E-state index in [0.29, 0.717) is 5.75 Å². The molecule has 2 heterocycles. The van der Waals surface area contributed by atoms with Crippen molar-refractivity contribution >= 4 is 27.9 Å². The quantitative estimate of drug-likeness (QED) is 0.531. The van der Waals surface area contributed by atoms with Gasteiger partial charge in [-0.1, -0.05) is 6.07 Å². The second kappa shape index (κ2) is 11.9. The van der Waals surface area contributed by atoms with Crippen LogP contribution in [0.4, 0.5) is 0 Å². The summed E-state index contributed by atoms with van der Waals surface area (Å²) in [5, 5.41) is 14.8. The van der Waals surface area contributed by atoms with Crippen LogP contribution in [0.3, 0.4) is 0 Å². The summed E-state index contributed by atoms with van der Waals surface area (Å²) in [6, 6.07) is 10.4. The zero-order chi connectivity index (χ0) is 24.7. The molecule has 2 N–H and O–H groups in total. The van der Waals surface area contributed by atoms with Gasteiger partial charge in [-0.15, -0.1) is 0 Å². The van der Waals surface area contributed by atoms with Gasteiger partial charge in [0, 0.05) is 39.3 Å². The summed E-state index contributed by atoms with van der Waals surface area (Å²) in [5.74, 6) is -0.550. The summed E-state index contributed by atoms with van der Waals surface area (Å²) in [4.78, 5) is 23.2. The molecule has 0 bridgehead atoms. The van der Waals surface area contributed by atoms with Gasteiger partial charge in [0.1, 0.15) is 5.75 Å². The molecule has 10 nitrogen and oxygen atoms in total. The lowest BCUT2D eigenvalue weighted by molar-refractivity contribution is -0.159. The van der Waals surface area contributed by atoms with Gasteiger partial charge in [-0.25, -0.2) is 9.59 Å².